The van der Waals surface area contributed by atoms with Gasteiger partial charge in [0.15, 0.2) is 0 Å². The number of esters is 1. The maximum atomic E-state index is 12.4. The number of amides is 1. The molecule has 3 rings (SSSR count). The number of ether oxygens (including phenoxy) is 2. The zero-order valence-electron chi connectivity index (χ0n) is 12.9. The van der Waals surface area contributed by atoms with Gasteiger partial charge in [-0.25, -0.2) is 4.79 Å². The maximum Gasteiger partial charge on any atom is 0.343 e. The molecule has 1 aliphatic rings. The summed E-state index contributed by atoms with van der Waals surface area (Å²) >= 11 is 3.33. The summed E-state index contributed by atoms with van der Waals surface area (Å²) in [6.07, 6.45) is 0. The number of hydrogen-bond acceptors (Lipinski definition) is 4. The molecule has 24 heavy (non-hydrogen) atoms. The van der Waals surface area contributed by atoms with E-state index in [4.69, 9.17) is 9.47 Å². The standard InChI is InChI=1S/C18H16BrNO4/c19-15-2-1-3-16(12-15)24-18(22)14-6-4-13(5-7-14)17(21)20-8-10-23-11-9-20/h1-7,12H,8-11H2. The second kappa shape index (κ2) is 7.59. The molecule has 0 unspecified atom stereocenters. The minimum atomic E-state index is -0.460. The third kappa shape index (κ3) is 4.01. The molecule has 5 nitrogen and oxygen atoms in total. The van der Waals surface area contributed by atoms with Crippen LogP contribution in [0.1, 0.15) is 20.7 Å². The minimum Gasteiger partial charge on any atom is -0.423 e. The highest BCUT2D eigenvalue weighted by atomic mass is 79.9. The molecule has 0 N–H and O–H groups in total. The lowest BCUT2D eigenvalue weighted by atomic mass is 10.1. The van der Waals surface area contributed by atoms with Crippen molar-refractivity contribution in [2.24, 2.45) is 0 Å². The van der Waals surface area contributed by atoms with E-state index in [1.165, 1.54) is 0 Å². The van der Waals surface area contributed by atoms with Gasteiger partial charge in [-0.3, -0.25) is 4.79 Å². The zero-order valence-corrected chi connectivity index (χ0v) is 14.5. The van der Waals surface area contributed by atoms with Gasteiger partial charge in [0.2, 0.25) is 0 Å². The average molecular weight is 390 g/mol. The van der Waals surface area contributed by atoms with Gasteiger partial charge in [0.1, 0.15) is 5.75 Å². The van der Waals surface area contributed by atoms with Gasteiger partial charge < -0.3 is 14.4 Å². The molecule has 1 fully saturated rings. The Hall–Kier alpha value is -2.18. The van der Waals surface area contributed by atoms with E-state index in [-0.39, 0.29) is 5.91 Å². The van der Waals surface area contributed by atoms with Crippen LogP contribution in [0.25, 0.3) is 0 Å². The van der Waals surface area contributed by atoms with Gasteiger partial charge in [0, 0.05) is 23.1 Å². The van der Waals surface area contributed by atoms with E-state index in [0.29, 0.717) is 43.2 Å². The lowest BCUT2D eigenvalue weighted by Crippen LogP contribution is -2.40. The average Bonchev–Trinajstić information content (AvgIpc) is 2.62. The number of carbonyl (C=O) groups is 2. The number of nitrogens with zero attached hydrogens (tertiary/aromatic N) is 1. The van der Waals surface area contributed by atoms with Crippen molar-refractivity contribution < 1.29 is 19.1 Å². The first kappa shape index (κ1) is 16.7. The van der Waals surface area contributed by atoms with Crippen LogP contribution in [-0.4, -0.2) is 43.1 Å². The summed E-state index contributed by atoms with van der Waals surface area (Å²) < 4.78 is 11.4. The van der Waals surface area contributed by atoms with Gasteiger partial charge in [-0.2, -0.15) is 0 Å². The molecule has 1 saturated heterocycles. The lowest BCUT2D eigenvalue weighted by Gasteiger charge is -2.26. The van der Waals surface area contributed by atoms with Crippen molar-refractivity contribution in [3.63, 3.8) is 0 Å². The van der Waals surface area contributed by atoms with Gasteiger partial charge in [-0.1, -0.05) is 22.0 Å². The SMILES string of the molecule is O=C(Oc1cccc(Br)c1)c1ccc(C(=O)N2CCOCC2)cc1. The Morgan fingerprint density at radius 1 is 1.00 bits per heavy atom. The fraction of sp³-hybridized carbons (Fsp3) is 0.222. The summed E-state index contributed by atoms with van der Waals surface area (Å²) in [5, 5.41) is 0. The Kier molecular flexibility index (Phi) is 5.27. The van der Waals surface area contributed by atoms with E-state index in [9.17, 15) is 9.59 Å². The van der Waals surface area contributed by atoms with Crippen LogP contribution in [0.5, 0.6) is 5.75 Å². The monoisotopic (exact) mass is 389 g/mol. The topological polar surface area (TPSA) is 55.8 Å². The Morgan fingerprint density at radius 3 is 2.33 bits per heavy atom. The fourth-order valence-electron chi connectivity index (χ4n) is 2.39. The molecule has 0 radical (unpaired) electrons. The van der Waals surface area contributed by atoms with E-state index in [1.54, 1.807) is 47.4 Å². The Labute approximate surface area is 148 Å². The third-order valence-electron chi connectivity index (χ3n) is 3.67. The summed E-state index contributed by atoms with van der Waals surface area (Å²) in [6, 6.07) is 13.6. The number of rotatable bonds is 3. The van der Waals surface area contributed by atoms with Crippen LogP contribution in [0.15, 0.2) is 53.0 Å². The largest absolute Gasteiger partial charge is 0.423 e. The maximum absolute atomic E-state index is 12.4. The quantitative estimate of drug-likeness (QED) is 0.597. The summed E-state index contributed by atoms with van der Waals surface area (Å²) in [6.45, 7) is 2.29. The van der Waals surface area contributed by atoms with Crippen LogP contribution in [0.3, 0.4) is 0 Å². The molecular weight excluding hydrogens is 374 g/mol. The molecule has 0 aromatic heterocycles. The fourth-order valence-corrected chi connectivity index (χ4v) is 2.77. The number of benzene rings is 2. The molecule has 1 heterocycles. The Balaban J connectivity index is 1.67. The number of carbonyl (C=O) groups excluding carboxylic acids is 2. The van der Waals surface area contributed by atoms with Gasteiger partial charge in [-0.05, 0) is 42.5 Å². The van der Waals surface area contributed by atoms with Gasteiger partial charge in [0.05, 0.1) is 18.8 Å². The molecule has 0 atom stereocenters. The second-order valence-electron chi connectivity index (χ2n) is 5.33. The van der Waals surface area contributed by atoms with Crippen molar-refractivity contribution >= 4 is 27.8 Å². The summed E-state index contributed by atoms with van der Waals surface area (Å²) in [7, 11) is 0. The summed E-state index contributed by atoms with van der Waals surface area (Å²) in [5.41, 5.74) is 0.949. The molecule has 0 aliphatic carbocycles. The predicted molar refractivity (Wildman–Crippen MR) is 92.3 cm³/mol. The highest BCUT2D eigenvalue weighted by molar-refractivity contribution is 9.10. The smallest absolute Gasteiger partial charge is 0.343 e. The molecule has 6 heteroatoms. The van der Waals surface area contributed by atoms with Crippen LogP contribution in [-0.2, 0) is 4.74 Å². The van der Waals surface area contributed by atoms with Crippen LogP contribution < -0.4 is 4.74 Å². The van der Waals surface area contributed by atoms with Crippen molar-refractivity contribution in [3.8, 4) is 5.75 Å². The molecule has 1 amide bonds. The van der Waals surface area contributed by atoms with Crippen LogP contribution in [0, 0.1) is 0 Å². The van der Waals surface area contributed by atoms with Crippen molar-refractivity contribution in [2.75, 3.05) is 26.3 Å². The first-order valence-electron chi connectivity index (χ1n) is 7.58. The van der Waals surface area contributed by atoms with E-state index in [2.05, 4.69) is 15.9 Å². The minimum absolute atomic E-state index is 0.0507. The molecule has 2 aromatic rings. The van der Waals surface area contributed by atoms with Crippen molar-refractivity contribution in [1.29, 1.82) is 0 Å². The van der Waals surface area contributed by atoms with Crippen molar-refractivity contribution in [1.82, 2.24) is 4.90 Å². The normalized spacial score (nSPS) is 14.3. The Morgan fingerprint density at radius 2 is 1.67 bits per heavy atom. The highest BCUT2D eigenvalue weighted by Gasteiger charge is 2.19. The molecule has 0 bridgehead atoms. The molecular formula is C18H16BrNO4. The van der Waals surface area contributed by atoms with Crippen molar-refractivity contribution in [3.05, 3.63) is 64.1 Å². The van der Waals surface area contributed by atoms with Gasteiger partial charge in [0.25, 0.3) is 5.91 Å². The van der Waals surface area contributed by atoms with E-state index in [1.807, 2.05) is 6.07 Å². The number of halogens is 1. The number of hydrogen-bond donors (Lipinski definition) is 0. The van der Waals surface area contributed by atoms with Gasteiger partial charge in [-0.15, -0.1) is 0 Å². The van der Waals surface area contributed by atoms with E-state index in [0.717, 1.165) is 4.47 Å². The number of morpholine rings is 1. The Bertz CT molecular complexity index is 739. The predicted octanol–water partition coefficient (Wildman–Crippen LogP) is 3.14. The molecule has 0 spiro atoms. The molecule has 2 aromatic carbocycles. The zero-order chi connectivity index (χ0) is 16.9. The van der Waals surface area contributed by atoms with Crippen LogP contribution >= 0.6 is 15.9 Å². The molecule has 1 aliphatic heterocycles. The van der Waals surface area contributed by atoms with Gasteiger partial charge >= 0.3 is 5.97 Å². The molecule has 0 saturated carbocycles. The van der Waals surface area contributed by atoms with Crippen LogP contribution in [0.4, 0.5) is 0 Å². The first-order valence-corrected chi connectivity index (χ1v) is 8.37. The van der Waals surface area contributed by atoms with Crippen LogP contribution in [0.2, 0.25) is 0 Å². The summed E-state index contributed by atoms with van der Waals surface area (Å²) in [5.74, 6) is -0.0495. The first-order chi connectivity index (χ1) is 11.6. The second-order valence-corrected chi connectivity index (χ2v) is 6.24. The van der Waals surface area contributed by atoms with E-state index >= 15 is 0 Å². The third-order valence-corrected chi connectivity index (χ3v) is 4.17. The highest BCUT2D eigenvalue weighted by Crippen LogP contribution is 2.19. The van der Waals surface area contributed by atoms with Crippen molar-refractivity contribution in [2.45, 2.75) is 0 Å². The molecule has 124 valence electrons. The summed E-state index contributed by atoms with van der Waals surface area (Å²) in [4.78, 5) is 26.3. The lowest BCUT2D eigenvalue weighted by molar-refractivity contribution is 0.0303. The van der Waals surface area contributed by atoms with E-state index < -0.39 is 5.97 Å².